The lowest BCUT2D eigenvalue weighted by atomic mass is 9.85. The molecule has 3 aromatic rings. The predicted molar refractivity (Wildman–Crippen MR) is 141 cm³/mol. The molecule has 1 amide bonds. The summed E-state index contributed by atoms with van der Waals surface area (Å²) >= 11 is 0. The first-order valence-electron chi connectivity index (χ1n) is 12.9. The average molecular weight is 549 g/mol. The molecule has 0 saturated heterocycles. The number of ether oxygens (including phenoxy) is 2. The fourth-order valence-corrected chi connectivity index (χ4v) is 5.13. The number of fused-ring (bicyclic) bond motifs is 5. The quantitative estimate of drug-likeness (QED) is 0.272. The topological polar surface area (TPSA) is 180 Å². The van der Waals surface area contributed by atoms with E-state index >= 15 is 0 Å². The number of carboxylic acids is 1. The highest BCUT2D eigenvalue weighted by molar-refractivity contribution is 5.90. The highest BCUT2D eigenvalue weighted by Gasteiger charge is 2.51. The van der Waals surface area contributed by atoms with Crippen LogP contribution in [0.3, 0.4) is 0 Å². The summed E-state index contributed by atoms with van der Waals surface area (Å²) in [6.07, 6.45) is -0.375. The van der Waals surface area contributed by atoms with Crippen LogP contribution in [0.1, 0.15) is 49.8 Å². The van der Waals surface area contributed by atoms with Crippen molar-refractivity contribution in [1.29, 1.82) is 0 Å². The second-order valence-corrected chi connectivity index (χ2v) is 9.95. The van der Waals surface area contributed by atoms with E-state index in [2.05, 4.69) is 5.32 Å². The number of carbonyl (C=O) groups excluding carboxylic acids is 3. The Hall–Kier alpha value is -4.58. The first-order chi connectivity index (χ1) is 19.1. The maximum absolute atomic E-state index is 13.6. The van der Waals surface area contributed by atoms with Crippen molar-refractivity contribution in [3.05, 3.63) is 63.4 Å². The third-order valence-corrected chi connectivity index (χ3v) is 7.39. The molecule has 2 aliphatic heterocycles. The van der Waals surface area contributed by atoms with Gasteiger partial charge in [0.15, 0.2) is 0 Å². The summed E-state index contributed by atoms with van der Waals surface area (Å²) in [7, 11) is 0. The molecule has 1 aromatic carbocycles. The van der Waals surface area contributed by atoms with Gasteiger partial charge in [0.05, 0.1) is 29.0 Å². The molecule has 0 unspecified atom stereocenters. The van der Waals surface area contributed by atoms with Gasteiger partial charge in [-0.25, -0.2) is 14.6 Å². The first kappa shape index (κ1) is 27.0. The molecule has 40 heavy (non-hydrogen) atoms. The van der Waals surface area contributed by atoms with E-state index in [-0.39, 0.29) is 42.6 Å². The summed E-state index contributed by atoms with van der Waals surface area (Å²) in [5.74, 6) is -3.60. The maximum Gasteiger partial charge on any atom is 0.355 e. The predicted octanol–water partition coefficient (Wildman–Crippen LogP) is 1.33. The monoisotopic (exact) mass is 548 g/mol. The second kappa shape index (κ2) is 10.2. The molecule has 2 aromatic heterocycles. The normalized spacial score (nSPS) is 18.6. The smallest absolute Gasteiger partial charge is 0.355 e. The van der Waals surface area contributed by atoms with Crippen LogP contribution >= 0.6 is 0 Å². The highest BCUT2D eigenvalue weighted by Crippen LogP contribution is 2.41. The molecule has 0 aliphatic carbocycles. The molecule has 0 fully saturated rings. The molecular formula is C28H28N4O8. The van der Waals surface area contributed by atoms with Crippen molar-refractivity contribution in [2.75, 3.05) is 0 Å². The van der Waals surface area contributed by atoms with Crippen LogP contribution in [-0.2, 0) is 47.4 Å². The Balaban J connectivity index is 1.47. The molecular weight excluding hydrogens is 520 g/mol. The summed E-state index contributed by atoms with van der Waals surface area (Å²) in [5, 5.41) is 12.3. The van der Waals surface area contributed by atoms with Crippen molar-refractivity contribution in [1.82, 2.24) is 14.9 Å². The number of pyridine rings is 2. The molecule has 12 nitrogen and oxygen atoms in total. The van der Waals surface area contributed by atoms with Gasteiger partial charge in [0.25, 0.3) is 5.56 Å². The van der Waals surface area contributed by atoms with Crippen molar-refractivity contribution >= 4 is 34.7 Å². The van der Waals surface area contributed by atoms with Crippen molar-refractivity contribution in [2.45, 2.75) is 63.9 Å². The van der Waals surface area contributed by atoms with Crippen molar-refractivity contribution < 1.29 is 33.8 Å². The fourth-order valence-electron chi connectivity index (χ4n) is 5.13. The van der Waals surface area contributed by atoms with Crippen LogP contribution in [0.5, 0.6) is 0 Å². The number of para-hydroxylation sites is 1. The number of carbonyl (C=O) groups is 4. The Bertz CT molecular complexity index is 1630. The Morgan fingerprint density at radius 3 is 2.73 bits per heavy atom. The summed E-state index contributed by atoms with van der Waals surface area (Å²) in [4.78, 5) is 67.8. The number of aliphatic carboxylic acids is 1. The zero-order chi connectivity index (χ0) is 28.8. The largest absolute Gasteiger partial charge is 0.480 e. The van der Waals surface area contributed by atoms with Gasteiger partial charge in [-0.15, -0.1) is 0 Å². The first-order valence-corrected chi connectivity index (χ1v) is 12.9. The van der Waals surface area contributed by atoms with E-state index in [0.717, 1.165) is 16.5 Å². The molecule has 4 N–H and O–H groups in total. The Labute approximate surface area is 228 Å². The maximum atomic E-state index is 13.6. The molecule has 208 valence electrons. The number of hydrogen-bond acceptors (Lipinski definition) is 9. The summed E-state index contributed by atoms with van der Waals surface area (Å²) < 4.78 is 12.7. The van der Waals surface area contributed by atoms with E-state index < -0.39 is 41.5 Å². The standard InChI is InChI=1S/C28H28N4O8/c1-3-28(40-26(37)14(2)30-22(33)9-8-19(29)25(35)36)18-11-21-23-16(10-15-6-4-5-7-20(15)31-23)12-32(21)24(34)17(18)13-39-27(28)38/h4-7,10-11,14,19H,3,8-9,12-13,29H2,1-2H3,(H,30,33)(H,35,36)/t14-,19+,28+/m1/s1. The number of benzene rings is 1. The number of nitrogens with two attached hydrogens (primary N) is 1. The molecule has 0 radical (unpaired) electrons. The van der Waals surface area contributed by atoms with Gasteiger partial charge < -0.3 is 30.2 Å². The molecule has 12 heteroatoms. The Morgan fingerprint density at radius 1 is 1.25 bits per heavy atom. The number of nitrogens with one attached hydrogen (secondary N) is 1. The fraction of sp³-hybridized carbons (Fsp3) is 0.357. The number of carboxylic acid groups (broad SMARTS) is 1. The minimum absolute atomic E-state index is 0.0282. The minimum Gasteiger partial charge on any atom is -0.480 e. The van der Waals surface area contributed by atoms with Crippen molar-refractivity contribution in [3.63, 3.8) is 0 Å². The van der Waals surface area contributed by atoms with Gasteiger partial charge in [0, 0.05) is 22.9 Å². The van der Waals surface area contributed by atoms with Gasteiger partial charge in [-0.05, 0) is 38.0 Å². The lowest BCUT2D eigenvalue weighted by molar-refractivity contribution is -0.190. The van der Waals surface area contributed by atoms with Crippen LogP contribution in [0.15, 0.2) is 41.2 Å². The third-order valence-electron chi connectivity index (χ3n) is 7.39. The number of esters is 2. The zero-order valence-electron chi connectivity index (χ0n) is 21.9. The van der Waals surface area contributed by atoms with Gasteiger partial charge in [-0.3, -0.25) is 14.4 Å². The van der Waals surface area contributed by atoms with Crippen LogP contribution < -0.4 is 16.6 Å². The number of hydrogen-bond donors (Lipinski definition) is 3. The SMILES string of the molecule is CC[C@@]1(OC(=O)[C@@H](C)NC(=O)CC[C@H](N)C(=O)O)C(=O)OCc2c1cc1n(c2=O)Cc2cc3ccccc3nc2-1. The molecule has 0 spiro atoms. The van der Waals surface area contributed by atoms with E-state index in [1.807, 2.05) is 30.3 Å². The van der Waals surface area contributed by atoms with Gasteiger partial charge in [-0.1, -0.05) is 25.1 Å². The van der Waals surface area contributed by atoms with E-state index in [9.17, 15) is 24.0 Å². The molecule has 4 heterocycles. The lowest BCUT2D eigenvalue weighted by Gasteiger charge is -2.36. The van der Waals surface area contributed by atoms with E-state index in [1.165, 1.54) is 6.92 Å². The molecule has 2 aliphatic rings. The van der Waals surface area contributed by atoms with Gasteiger partial charge >= 0.3 is 17.9 Å². The zero-order valence-corrected chi connectivity index (χ0v) is 21.9. The number of nitrogens with zero attached hydrogens (tertiary/aromatic N) is 2. The number of aromatic nitrogens is 2. The summed E-state index contributed by atoms with van der Waals surface area (Å²) in [6, 6.07) is 8.83. The van der Waals surface area contributed by atoms with Gasteiger partial charge in [-0.2, -0.15) is 0 Å². The summed E-state index contributed by atoms with van der Waals surface area (Å²) in [5.41, 5.74) is 6.29. The number of rotatable bonds is 8. The van der Waals surface area contributed by atoms with Crippen LogP contribution in [0, 0.1) is 0 Å². The van der Waals surface area contributed by atoms with Gasteiger partial charge in [0.1, 0.15) is 18.7 Å². The minimum atomic E-state index is -1.91. The van der Waals surface area contributed by atoms with Gasteiger partial charge in [0.2, 0.25) is 11.5 Å². The number of amides is 1. The molecule has 3 atom stereocenters. The van der Waals surface area contributed by atoms with E-state index in [0.29, 0.717) is 17.9 Å². The molecule has 0 bridgehead atoms. The molecule has 5 rings (SSSR count). The van der Waals surface area contributed by atoms with Crippen molar-refractivity contribution in [3.8, 4) is 11.4 Å². The van der Waals surface area contributed by atoms with E-state index in [4.69, 9.17) is 25.3 Å². The number of cyclic esters (lactones) is 1. The highest BCUT2D eigenvalue weighted by atomic mass is 16.6. The van der Waals surface area contributed by atoms with Crippen LogP contribution in [0.4, 0.5) is 0 Å². The van der Waals surface area contributed by atoms with Crippen molar-refractivity contribution in [2.24, 2.45) is 5.73 Å². The average Bonchev–Trinajstić information content (AvgIpc) is 3.29. The van der Waals surface area contributed by atoms with Crippen LogP contribution in [-0.4, -0.2) is 50.6 Å². The lowest BCUT2D eigenvalue weighted by Crippen LogP contribution is -2.50. The second-order valence-electron chi connectivity index (χ2n) is 9.95. The Morgan fingerprint density at radius 2 is 2.00 bits per heavy atom. The molecule has 0 saturated carbocycles. The van der Waals surface area contributed by atoms with E-state index in [1.54, 1.807) is 17.6 Å². The van der Waals surface area contributed by atoms with Crippen LogP contribution in [0.25, 0.3) is 22.3 Å². The third kappa shape index (κ3) is 4.49. The Kier molecular flexibility index (Phi) is 6.88. The summed E-state index contributed by atoms with van der Waals surface area (Å²) in [6.45, 7) is 3.04. The van der Waals surface area contributed by atoms with Crippen LogP contribution in [0.2, 0.25) is 0 Å².